The van der Waals surface area contributed by atoms with E-state index in [9.17, 15) is 5.11 Å². The Hall–Kier alpha value is -3.22. The normalized spacial score (nSPS) is 15.5. The number of nitrogen functional groups attached to an aromatic ring is 1. The van der Waals surface area contributed by atoms with E-state index in [2.05, 4.69) is 9.97 Å². The van der Waals surface area contributed by atoms with Crippen LogP contribution in [0.5, 0.6) is 17.6 Å². The zero-order valence-electron chi connectivity index (χ0n) is 12.8. The predicted molar refractivity (Wildman–Crippen MR) is 89.3 cm³/mol. The largest absolute Gasteiger partial charge is 0.490 e. The lowest BCUT2D eigenvalue weighted by atomic mass is 10.2. The van der Waals surface area contributed by atoms with Crippen LogP contribution in [0.4, 0.5) is 5.82 Å². The van der Waals surface area contributed by atoms with Crippen molar-refractivity contribution in [3.63, 3.8) is 0 Å². The third-order valence-corrected chi connectivity index (χ3v) is 3.80. The molecule has 0 fully saturated rings. The molecular weight excluding hydrogens is 308 g/mol. The lowest BCUT2D eigenvalue weighted by molar-refractivity contribution is 0.341. The fraction of sp³-hybridized carbons (Fsp3) is 0.176. The summed E-state index contributed by atoms with van der Waals surface area (Å²) in [5.74, 6) is 1.38. The van der Waals surface area contributed by atoms with Gasteiger partial charge in [0.1, 0.15) is 24.5 Å². The molecule has 1 aromatic carbocycles. The minimum Gasteiger partial charge on any atom is -0.490 e. The van der Waals surface area contributed by atoms with Gasteiger partial charge in [0.05, 0.1) is 12.1 Å². The number of nitrogens with two attached hydrogens (primary N) is 1. The zero-order valence-corrected chi connectivity index (χ0v) is 12.8. The molecule has 3 heterocycles. The molecule has 4 bridgehead atoms. The van der Waals surface area contributed by atoms with Gasteiger partial charge in [0.15, 0.2) is 5.82 Å². The second-order valence-corrected chi connectivity index (χ2v) is 5.45. The molecule has 0 saturated carbocycles. The van der Waals surface area contributed by atoms with E-state index in [0.717, 1.165) is 11.3 Å². The number of rotatable bonds is 0. The molecule has 7 nitrogen and oxygen atoms in total. The van der Waals surface area contributed by atoms with Crippen LogP contribution in [-0.2, 0) is 6.54 Å². The molecule has 0 radical (unpaired) electrons. The number of hydrogen-bond acceptors (Lipinski definition) is 6. The lowest BCUT2D eigenvalue weighted by Crippen LogP contribution is -2.04. The number of aromatic nitrogens is 3. The summed E-state index contributed by atoms with van der Waals surface area (Å²) >= 11 is 0. The Morgan fingerprint density at radius 1 is 1.08 bits per heavy atom. The highest BCUT2D eigenvalue weighted by atomic mass is 16.5. The number of imidazole rings is 1. The Morgan fingerprint density at radius 3 is 2.79 bits per heavy atom. The summed E-state index contributed by atoms with van der Waals surface area (Å²) in [7, 11) is 0. The molecule has 24 heavy (non-hydrogen) atoms. The molecule has 3 aromatic rings. The highest BCUT2D eigenvalue weighted by Crippen LogP contribution is 2.29. The summed E-state index contributed by atoms with van der Waals surface area (Å²) in [6.07, 6.45) is 3.74. The third-order valence-electron chi connectivity index (χ3n) is 3.80. The molecular formula is C17H16N4O3. The van der Waals surface area contributed by atoms with Crippen LogP contribution in [0.25, 0.3) is 11.0 Å². The van der Waals surface area contributed by atoms with E-state index in [4.69, 9.17) is 15.2 Å². The summed E-state index contributed by atoms with van der Waals surface area (Å²) in [6.45, 7) is 1.22. The van der Waals surface area contributed by atoms with Crippen molar-refractivity contribution in [2.45, 2.75) is 6.54 Å². The number of pyridine rings is 1. The average molecular weight is 324 g/mol. The smallest absolute Gasteiger partial charge is 0.295 e. The van der Waals surface area contributed by atoms with Crippen LogP contribution in [0.15, 0.2) is 42.5 Å². The highest BCUT2D eigenvalue weighted by Gasteiger charge is 2.16. The van der Waals surface area contributed by atoms with Crippen molar-refractivity contribution in [3.8, 4) is 17.6 Å². The van der Waals surface area contributed by atoms with Gasteiger partial charge in [0, 0.05) is 6.07 Å². The van der Waals surface area contributed by atoms with Crippen LogP contribution in [0.1, 0.15) is 5.56 Å². The number of anilines is 1. The molecule has 0 saturated heterocycles. The highest BCUT2D eigenvalue weighted by molar-refractivity contribution is 5.87. The monoisotopic (exact) mass is 324 g/mol. The first-order chi connectivity index (χ1) is 11.7. The summed E-state index contributed by atoms with van der Waals surface area (Å²) in [5, 5.41) is 10.2. The first kappa shape index (κ1) is 14.4. The molecule has 1 aliphatic heterocycles. The van der Waals surface area contributed by atoms with E-state index in [1.54, 1.807) is 10.6 Å². The van der Waals surface area contributed by atoms with Crippen molar-refractivity contribution in [3.05, 3.63) is 48.0 Å². The number of nitrogens with zero attached hydrogens (tertiary/aromatic N) is 3. The third kappa shape index (κ3) is 2.60. The van der Waals surface area contributed by atoms with Crippen LogP contribution in [0, 0.1) is 0 Å². The Bertz CT molecular complexity index is 933. The van der Waals surface area contributed by atoms with Gasteiger partial charge < -0.3 is 20.3 Å². The summed E-state index contributed by atoms with van der Waals surface area (Å²) in [6, 6.07) is 9.33. The van der Waals surface area contributed by atoms with Crippen molar-refractivity contribution >= 4 is 16.9 Å². The number of benzene rings is 1. The van der Waals surface area contributed by atoms with Gasteiger partial charge in [-0.1, -0.05) is 12.1 Å². The van der Waals surface area contributed by atoms with Crippen LogP contribution in [-0.4, -0.2) is 32.9 Å². The van der Waals surface area contributed by atoms with Crippen LogP contribution in [0.2, 0.25) is 0 Å². The molecule has 7 heteroatoms. The van der Waals surface area contributed by atoms with Gasteiger partial charge in [0.2, 0.25) is 5.88 Å². The SMILES string of the molecule is Nc1nc2cc3c1nc(O)n3Cc1cccc(c1)OC/C=C/CO2. The van der Waals surface area contributed by atoms with Gasteiger partial charge in [0.25, 0.3) is 6.01 Å². The molecule has 0 amide bonds. The van der Waals surface area contributed by atoms with Crippen LogP contribution < -0.4 is 15.2 Å². The number of fused-ring (bicyclic) bond motifs is 3. The fourth-order valence-electron chi connectivity index (χ4n) is 2.67. The minimum absolute atomic E-state index is 0.117. The zero-order chi connectivity index (χ0) is 16.5. The van der Waals surface area contributed by atoms with Crippen molar-refractivity contribution in [2.75, 3.05) is 18.9 Å². The Kier molecular flexibility index (Phi) is 3.45. The van der Waals surface area contributed by atoms with E-state index in [1.807, 2.05) is 36.4 Å². The molecule has 0 aliphatic carbocycles. The molecule has 0 atom stereocenters. The first-order valence-corrected chi connectivity index (χ1v) is 7.56. The van der Waals surface area contributed by atoms with Gasteiger partial charge in [-0.2, -0.15) is 9.97 Å². The lowest BCUT2D eigenvalue weighted by Gasteiger charge is -2.10. The number of aromatic hydroxyl groups is 1. The Morgan fingerprint density at radius 2 is 1.92 bits per heavy atom. The van der Waals surface area contributed by atoms with E-state index >= 15 is 0 Å². The molecule has 3 N–H and O–H groups in total. The summed E-state index contributed by atoms with van der Waals surface area (Å²) in [4.78, 5) is 8.29. The Labute approximate surface area is 138 Å². The second kappa shape index (κ2) is 5.77. The van der Waals surface area contributed by atoms with E-state index in [-0.39, 0.29) is 11.8 Å². The molecule has 122 valence electrons. The quantitative estimate of drug-likeness (QED) is 0.615. The summed E-state index contributed by atoms with van der Waals surface area (Å²) < 4.78 is 12.9. The van der Waals surface area contributed by atoms with Gasteiger partial charge in [-0.05, 0) is 29.8 Å². The molecule has 4 rings (SSSR count). The van der Waals surface area contributed by atoms with Crippen molar-refractivity contribution in [2.24, 2.45) is 0 Å². The van der Waals surface area contributed by atoms with E-state index in [1.165, 1.54) is 0 Å². The van der Waals surface area contributed by atoms with Crippen LogP contribution >= 0.6 is 0 Å². The van der Waals surface area contributed by atoms with Crippen LogP contribution in [0.3, 0.4) is 0 Å². The standard InChI is InChI=1S/C17H16N4O3/c18-16-15-13-9-14(19-16)24-7-2-1-6-23-12-5-3-4-11(8-12)10-21(13)17(22)20-15/h1-5,8-9H,6-7,10H2,(H2,18,19)(H,20,22)/b2-1+. The maximum Gasteiger partial charge on any atom is 0.295 e. The van der Waals surface area contributed by atoms with E-state index in [0.29, 0.717) is 36.7 Å². The van der Waals surface area contributed by atoms with E-state index < -0.39 is 0 Å². The minimum atomic E-state index is -0.117. The first-order valence-electron chi connectivity index (χ1n) is 7.56. The van der Waals surface area contributed by atoms with Gasteiger partial charge in [-0.25, -0.2) is 0 Å². The molecule has 0 unspecified atom stereocenters. The Balaban J connectivity index is 1.88. The topological polar surface area (TPSA) is 95.4 Å². The van der Waals surface area contributed by atoms with Gasteiger partial charge in [-0.15, -0.1) is 0 Å². The summed E-state index contributed by atoms with van der Waals surface area (Å²) in [5.41, 5.74) is 8.05. The fourth-order valence-corrected chi connectivity index (χ4v) is 2.67. The maximum atomic E-state index is 10.2. The van der Waals surface area contributed by atoms with Crippen molar-refractivity contribution < 1.29 is 14.6 Å². The second-order valence-electron chi connectivity index (χ2n) is 5.45. The maximum absolute atomic E-state index is 10.2. The molecule has 1 aliphatic rings. The number of ether oxygens (including phenoxy) is 2. The van der Waals surface area contributed by atoms with Gasteiger partial charge >= 0.3 is 0 Å². The van der Waals surface area contributed by atoms with Crippen molar-refractivity contribution in [1.82, 2.24) is 14.5 Å². The van der Waals surface area contributed by atoms with Crippen molar-refractivity contribution in [1.29, 1.82) is 0 Å². The molecule has 2 aromatic heterocycles. The average Bonchev–Trinajstić information content (AvgIpc) is 2.88. The molecule has 0 spiro atoms. The number of hydrogen-bond donors (Lipinski definition) is 2. The predicted octanol–water partition coefficient (Wildman–Crippen LogP) is 2.09. The van der Waals surface area contributed by atoms with Gasteiger partial charge in [-0.3, -0.25) is 4.57 Å².